The molecule has 0 rings (SSSR count). The molecule has 0 aromatic heterocycles. The van der Waals surface area contributed by atoms with Crippen LogP contribution in [0.3, 0.4) is 0 Å². The van der Waals surface area contributed by atoms with Crippen molar-refractivity contribution in [2.24, 2.45) is 5.73 Å². The predicted molar refractivity (Wildman–Crippen MR) is 69.8 cm³/mol. The van der Waals surface area contributed by atoms with Gasteiger partial charge in [-0.05, 0) is 12.8 Å². The number of rotatable bonds is 10. The van der Waals surface area contributed by atoms with Crippen LogP contribution < -0.4 is 16.4 Å². The van der Waals surface area contributed by atoms with Gasteiger partial charge in [0.05, 0.1) is 0 Å². The fourth-order valence-electron chi connectivity index (χ4n) is 1.43. The lowest BCUT2D eigenvalue weighted by Gasteiger charge is -2.17. The highest BCUT2D eigenvalue weighted by atomic mass is 16.4. The average molecular weight is 319 g/mol. The van der Waals surface area contributed by atoms with Crippen molar-refractivity contribution in [1.29, 1.82) is 0 Å². The second kappa shape index (κ2) is 9.15. The first-order valence-corrected chi connectivity index (χ1v) is 6.16. The Morgan fingerprint density at radius 3 is 1.55 bits per heavy atom. The minimum absolute atomic E-state index is 0.259. The van der Waals surface area contributed by atoms with Crippen LogP contribution in [0, 0.1) is 0 Å². The van der Waals surface area contributed by atoms with E-state index in [4.69, 9.17) is 21.1 Å². The number of carbonyl (C=O) groups excluding carboxylic acids is 2. The van der Waals surface area contributed by atoms with Gasteiger partial charge in [0.2, 0.25) is 5.91 Å². The van der Waals surface area contributed by atoms with Crippen molar-refractivity contribution in [1.82, 2.24) is 10.6 Å². The van der Waals surface area contributed by atoms with Gasteiger partial charge in [0.25, 0.3) is 0 Å². The quantitative estimate of drug-likeness (QED) is 0.274. The average Bonchev–Trinajstić information content (AvgIpc) is 2.38. The summed E-state index contributed by atoms with van der Waals surface area (Å²) in [6, 6.07) is -4.02. The van der Waals surface area contributed by atoms with E-state index in [0.29, 0.717) is 0 Å². The molecular weight excluding hydrogens is 302 g/mol. The standard InChI is InChI=1S/C11H17N3O8/c12-7(15)3-1-5(9(18)19)13-11(22)14-6(10(20)21)2-4-8(16)17/h5-6H,1-4H2,(H2,12,15)(H,16,17)(H,18,19)(H,20,21)(H2,13,14,22)/t5?,6-/m0/s1. The van der Waals surface area contributed by atoms with Crippen molar-refractivity contribution in [3.05, 3.63) is 0 Å². The number of carbonyl (C=O) groups is 5. The third kappa shape index (κ3) is 8.35. The number of nitrogens with one attached hydrogen (secondary N) is 2. The Bertz CT molecular complexity index is 424. The molecular formula is C11H17N3O8. The fourth-order valence-corrected chi connectivity index (χ4v) is 1.43. The highest BCUT2D eigenvalue weighted by Crippen LogP contribution is 2.00. The van der Waals surface area contributed by atoms with Gasteiger partial charge in [-0.2, -0.15) is 0 Å². The molecule has 0 aromatic rings. The summed E-state index contributed by atoms with van der Waals surface area (Å²) >= 11 is 0. The molecule has 3 amide bonds. The molecule has 0 saturated carbocycles. The zero-order valence-corrected chi connectivity index (χ0v) is 11.4. The number of primary amides is 1. The van der Waals surface area contributed by atoms with E-state index in [1.807, 2.05) is 10.6 Å². The molecule has 7 N–H and O–H groups in total. The summed E-state index contributed by atoms with van der Waals surface area (Å²) in [6.07, 6.45) is -1.39. The third-order valence-corrected chi connectivity index (χ3v) is 2.53. The van der Waals surface area contributed by atoms with E-state index in [9.17, 15) is 24.0 Å². The maximum atomic E-state index is 11.5. The largest absolute Gasteiger partial charge is 0.481 e. The summed E-state index contributed by atoms with van der Waals surface area (Å²) in [7, 11) is 0. The Hall–Kier alpha value is -2.85. The number of hydrogen-bond donors (Lipinski definition) is 6. The van der Waals surface area contributed by atoms with Crippen LogP contribution in [-0.4, -0.2) is 57.2 Å². The summed E-state index contributed by atoms with van der Waals surface area (Å²) in [5.74, 6) is -4.87. The van der Waals surface area contributed by atoms with Crippen LogP contribution >= 0.6 is 0 Å². The second-order valence-electron chi connectivity index (χ2n) is 4.34. The maximum Gasteiger partial charge on any atom is 0.326 e. The molecule has 0 aliphatic heterocycles. The van der Waals surface area contributed by atoms with Crippen LogP contribution in [0.4, 0.5) is 4.79 Å². The lowest BCUT2D eigenvalue weighted by Crippen LogP contribution is -2.51. The first-order valence-electron chi connectivity index (χ1n) is 6.16. The third-order valence-electron chi connectivity index (χ3n) is 2.53. The second-order valence-corrected chi connectivity index (χ2v) is 4.34. The van der Waals surface area contributed by atoms with E-state index < -0.39 is 48.4 Å². The van der Waals surface area contributed by atoms with E-state index in [1.54, 1.807) is 0 Å². The molecule has 2 atom stereocenters. The summed E-state index contributed by atoms with van der Waals surface area (Å²) < 4.78 is 0. The Balaban J connectivity index is 4.57. The van der Waals surface area contributed by atoms with E-state index in [2.05, 4.69) is 0 Å². The molecule has 124 valence electrons. The Morgan fingerprint density at radius 2 is 1.23 bits per heavy atom. The van der Waals surface area contributed by atoms with Crippen molar-refractivity contribution in [3.63, 3.8) is 0 Å². The molecule has 0 heterocycles. The van der Waals surface area contributed by atoms with Gasteiger partial charge >= 0.3 is 23.9 Å². The number of urea groups is 1. The van der Waals surface area contributed by atoms with Gasteiger partial charge < -0.3 is 31.7 Å². The molecule has 0 aliphatic rings. The molecule has 0 radical (unpaired) electrons. The number of nitrogens with two attached hydrogens (primary N) is 1. The lowest BCUT2D eigenvalue weighted by molar-refractivity contribution is -0.141. The van der Waals surface area contributed by atoms with Crippen LogP contribution in [0.5, 0.6) is 0 Å². The Morgan fingerprint density at radius 1 is 0.818 bits per heavy atom. The van der Waals surface area contributed by atoms with Gasteiger partial charge in [-0.1, -0.05) is 0 Å². The number of aliphatic carboxylic acids is 3. The van der Waals surface area contributed by atoms with Crippen LogP contribution in [0.1, 0.15) is 25.7 Å². The number of hydrogen-bond acceptors (Lipinski definition) is 5. The first kappa shape index (κ1) is 19.1. The lowest BCUT2D eigenvalue weighted by atomic mass is 10.1. The molecule has 0 bridgehead atoms. The van der Waals surface area contributed by atoms with E-state index >= 15 is 0 Å². The number of amides is 3. The molecule has 0 aromatic carbocycles. The summed E-state index contributed by atoms with van der Waals surface area (Å²) in [6.45, 7) is 0. The maximum absolute atomic E-state index is 11.5. The fraction of sp³-hybridized carbons (Fsp3) is 0.545. The number of carboxylic acid groups (broad SMARTS) is 3. The molecule has 11 heteroatoms. The molecule has 0 saturated heterocycles. The molecule has 11 nitrogen and oxygen atoms in total. The molecule has 0 aliphatic carbocycles. The van der Waals surface area contributed by atoms with Gasteiger partial charge in [-0.15, -0.1) is 0 Å². The zero-order chi connectivity index (χ0) is 17.3. The van der Waals surface area contributed by atoms with Crippen LogP contribution in [0.15, 0.2) is 0 Å². The van der Waals surface area contributed by atoms with Crippen molar-refractivity contribution >= 4 is 29.8 Å². The van der Waals surface area contributed by atoms with Crippen LogP contribution in [0.25, 0.3) is 0 Å². The van der Waals surface area contributed by atoms with E-state index in [1.165, 1.54) is 0 Å². The molecule has 0 spiro atoms. The summed E-state index contributed by atoms with van der Waals surface area (Å²) in [5, 5.41) is 30.1. The number of carboxylic acids is 3. The minimum Gasteiger partial charge on any atom is -0.481 e. The predicted octanol–water partition coefficient (Wildman–Crippen LogP) is -1.68. The van der Waals surface area contributed by atoms with E-state index in [0.717, 1.165) is 0 Å². The minimum atomic E-state index is -1.48. The normalized spacial score (nSPS) is 12.7. The summed E-state index contributed by atoms with van der Waals surface area (Å²) in [5.41, 5.74) is 4.87. The van der Waals surface area contributed by atoms with Gasteiger partial charge in [0, 0.05) is 12.8 Å². The van der Waals surface area contributed by atoms with Crippen molar-refractivity contribution in [2.75, 3.05) is 0 Å². The summed E-state index contributed by atoms with van der Waals surface area (Å²) in [4.78, 5) is 54.3. The van der Waals surface area contributed by atoms with Gasteiger partial charge in [-0.3, -0.25) is 9.59 Å². The molecule has 22 heavy (non-hydrogen) atoms. The van der Waals surface area contributed by atoms with Crippen molar-refractivity contribution in [3.8, 4) is 0 Å². The van der Waals surface area contributed by atoms with Crippen LogP contribution in [-0.2, 0) is 19.2 Å². The van der Waals surface area contributed by atoms with Gasteiger partial charge in [0.15, 0.2) is 0 Å². The van der Waals surface area contributed by atoms with Crippen LogP contribution in [0.2, 0.25) is 0 Å². The monoisotopic (exact) mass is 319 g/mol. The smallest absolute Gasteiger partial charge is 0.326 e. The van der Waals surface area contributed by atoms with Crippen molar-refractivity contribution < 1.29 is 39.3 Å². The highest BCUT2D eigenvalue weighted by Gasteiger charge is 2.25. The topological polar surface area (TPSA) is 196 Å². The highest BCUT2D eigenvalue weighted by molar-refractivity contribution is 5.86. The van der Waals surface area contributed by atoms with E-state index in [-0.39, 0.29) is 19.3 Å². The Kier molecular flexibility index (Phi) is 7.97. The van der Waals surface area contributed by atoms with Gasteiger partial charge in [-0.25, -0.2) is 14.4 Å². The Labute approximate surface area is 124 Å². The zero-order valence-electron chi connectivity index (χ0n) is 11.4. The molecule has 0 fully saturated rings. The molecule has 1 unspecified atom stereocenters. The van der Waals surface area contributed by atoms with Gasteiger partial charge in [0.1, 0.15) is 12.1 Å². The first-order chi connectivity index (χ1) is 10.1. The SMILES string of the molecule is NC(=O)CCC(NC(=O)N[C@@H](CCC(=O)O)C(=O)O)C(=O)O. The van der Waals surface area contributed by atoms with Crippen molar-refractivity contribution in [2.45, 2.75) is 37.8 Å².